The number of aliphatic imine (C=N–C) groups is 1. The lowest BCUT2D eigenvalue weighted by Gasteiger charge is -2.38. The molecular weight excluding hydrogens is 488 g/mol. The summed E-state index contributed by atoms with van der Waals surface area (Å²) in [4.78, 5) is 5.74. The summed E-state index contributed by atoms with van der Waals surface area (Å²) < 4.78 is 18.9. The number of thiophene rings is 1. The van der Waals surface area contributed by atoms with Crippen LogP contribution >= 0.6 is 35.3 Å². The number of ether oxygens (including phenoxy) is 1. The number of halogens is 2. The molecule has 0 spiro atoms. The van der Waals surface area contributed by atoms with Gasteiger partial charge in [-0.1, -0.05) is 25.1 Å². The summed E-state index contributed by atoms with van der Waals surface area (Å²) in [5.74, 6) is 1.03. The van der Waals surface area contributed by atoms with Crippen molar-refractivity contribution < 1.29 is 9.13 Å². The molecule has 0 bridgehead atoms. The Balaban J connectivity index is 0.00000280. The maximum Gasteiger partial charge on any atom is 0.191 e. The van der Waals surface area contributed by atoms with E-state index in [0.29, 0.717) is 5.92 Å². The summed E-state index contributed by atoms with van der Waals surface area (Å²) in [6.45, 7) is 5.23. The molecule has 28 heavy (non-hydrogen) atoms. The number of nitrogens with one attached hydrogen (secondary N) is 2. The first kappa shape index (κ1) is 23.1. The van der Waals surface area contributed by atoms with Crippen LogP contribution in [0, 0.1) is 5.82 Å². The first-order valence-corrected chi connectivity index (χ1v) is 10.3. The number of hydrogen-bond donors (Lipinski definition) is 2. The van der Waals surface area contributed by atoms with E-state index in [0.717, 1.165) is 50.7 Å². The minimum Gasteiger partial charge on any atom is -0.381 e. The van der Waals surface area contributed by atoms with E-state index in [2.05, 4.69) is 40.1 Å². The van der Waals surface area contributed by atoms with Gasteiger partial charge in [-0.05, 0) is 42.0 Å². The molecule has 1 atom stereocenters. The molecule has 0 radical (unpaired) electrons. The van der Waals surface area contributed by atoms with Crippen LogP contribution < -0.4 is 10.6 Å². The standard InChI is InChI=1S/C21H28FN3OS.HI/c1-16(19-4-3-13-27-19)14-24-20(23-2)25-15-21(9-11-26-12-10-21)17-5-7-18(22)8-6-17;/h3-8,13,16H,9-12,14-15H2,1-2H3,(H2,23,24,25);1H. The number of guanidine groups is 1. The van der Waals surface area contributed by atoms with Crippen LogP contribution in [-0.4, -0.2) is 39.3 Å². The summed E-state index contributed by atoms with van der Waals surface area (Å²) in [5.41, 5.74) is 1.09. The highest BCUT2D eigenvalue weighted by Gasteiger charge is 2.34. The molecule has 4 nitrogen and oxygen atoms in total. The second-order valence-corrected chi connectivity index (χ2v) is 8.10. The van der Waals surface area contributed by atoms with Crippen molar-refractivity contribution in [1.29, 1.82) is 0 Å². The number of nitrogens with zero attached hydrogens (tertiary/aromatic N) is 1. The fourth-order valence-electron chi connectivity index (χ4n) is 3.53. The van der Waals surface area contributed by atoms with Gasteiger partial charge in [-0.25, -0.2) is 4.39 Å². The fourth-order valence-corrected chi connectivity index (χ4v) is 4.32. The Labute approximate surface area is 188 Å². The molecule has 1 saturated heterocycles. The third-order valence-corrected chi connectivity index (χ3v) is 6.43. The molecule has 154 valence electrons. The van der Waals surface area contributed by atoms with Gasteiger partial charge >= 0.3 is 0 Å². The second-order valence-electron chi connectivity index (χ2n) is 7.12. The molecule has 1 aromatic heterocycles. The second kappa shape index (κ2) is 11.1. The summed E-state index contributed by atoms with van der Waals surface area (Å²) in [7, 11) is 1.79. The van der Waals surface area contributed by atoms with E-state index in [9.17, 15) is 4.39 Å². The molecule has 1 fully saturated rings. The predicted molar refractivity (Wildman–Crippen MR) is 126 cm³/mol. The van der Waals surface area contributed by atoms with E-state index in [4.69, 9.17) is 4.74 Å². The third kappa shape index (κ3) is 5.90. The normalized spacial score (nSPS) is 17.5. The molecule has 0 aliphatic carbocycles. The molecule has 3 rings (SSSR count). The highest BCUT2D eigenvalue weighted by Crippen LogP contribution is 2.34. The first-order chi connectivity index (χ1) is 13.1. The van der Waals surface area contributed by atoms with Crippen LogP contribution in [0.2, 0.25) is 0 Å². The lowest BCUT2D eigenvalue weighted by atomic mass is 9.74. The maximum atomic E-state index is 13.4. The van der Waals surface area contributed by atoms with Gasteiger partial charge in [0.15, 0.2) is 5.96 Å². The van der Waals surface area contributed by atoms with E-state index in [1.54, 1.807) is 30.5 Å². The molecule has 1 aliphatic rings. The van der Waals surface area contributed by atoms with Crippen LogP contribution in [0.3, 0.4) is 0 Å². The Morgan fingerprint density at radius 2 is 1.93 bits per heavy atom. The Bertz CT molecular complexity index is 731. The van der Waals surface area contributed by atoms with E-state index in [1.165, 1.54) is 4.88 Å². The van der Waals surface area contributed by atoms with Crippen molar-refractivity contribution in [2.75, 3.05) is 33.4 Å². The smallest absolute Gasteiger partial charge is 0.191 e. The van der Waals surface area contributed by atoms with Gasteiger partial charge in [0.2, 0.25) is 0 Å². The van der Waals surface area contributed by atoms with Crippen molar-refractivity contribution in [3.63, 3.8) is 0 Å². The molecule has 2 N–H and O–H groups in total. The summed E-state index contributed by atoms with van der Waals surface area (Å²) in [5, 5.41) is 9.02. The third-order valence-electron chi connectivity index (χ3n) is 5.33. The SMILES string of the molecule is CN=C(NCC(C)c1cccs1)NCC1(c2ccc(F)cc2)CCOCC1.I. The van der Waals surface area contributed by atoms with Crippen LogP contribution in [0.4, 0.5) is 4.39 Å². The summed E-state index contributed by atoms with van der Waals surface area (Å²) in [6, 6.07) is 11.1. The van der Waals surface area contributed by atoms with Crippen molar-refractivity contribution in [3.8, 4) is 0 Å². The average Bonchev–Trinajstić information content (AvgIpc) is 3.24. The molecule has 7 heteroatoms. The van der Waals surface area contributed by atoms with Crippen molar-refractivity contribution in [2.45, 2.75) is 31.1 Å². The van der Waals surface area contributed by atoms with Gasteiger partial charge < -0.3 is 15.4 Å². The molecule has 0 saturated carbocycles. The topological polar surface area (TPSA) is 45.7 Å². The van der Waals surface area contributed by atoms with E-state index < -0.39 is 0 Å². The van der Waals surface area contributed by atoms with Gasteiger partial charge in [0.25, 0.3) is 0 Å². The van der Waals surface area contributed by atoms with Gasteiger partial charge in [-0.2, -0.15) is 0 Å². The van der Waals surface area contributed by atoms with Gasteiger partial charge in [0.1, 0.15) is 5.82 Å². The van der Waals surface area contributed by atoms with Crippen LogP contribution in [0.25, 0.3) is 0 Å². The van der Waals surface area contributed by atoms with E-state index in [-0.39, 0.29) is 35.2 Å². The molecule has 1 aliphatic heterocycles. The quantitative estimate of drug-likeness (QED) is 0.337. The highest BCUT2D eigenvalue weighted by molar-refractivity contribution is 14.0. The zero-order valence-electron chi connectivity index (χ0n) is 16.4. The number of hydrogen-bond acceptors (Lipinski definition) is 3. The molecule has 2 heterocycles. The van der Waals surface area contributed by atoms with Crippen molar-refractivity contribution >= 4 is 41.3 Å². The van der Waals surface area contributed by atoms with Crippen LogP contribution in [0.1, 0.15) is 36.1 Å². The van der Waals surface area contributed by atoms with Crippen LogP contribution in [0.15, 0.2) is 46.8 Å². The summed E-state index contributed by atoms with van der Waals surface area (Å²) >= 11 is 1.78. The monoisotopic (exact) mass is 517 g/mol. The Morgan fingerprint density at radius 3 is 2.54 bits per heavy atom. The Hall–Kier alpha value is -1.19. The van der Waals surface area contributed by atoms with Crippen molar-refractivity contribution in [3.05, 3.63) is 58.0 Å². The average molecular weight is 517 g/mol. The van der Waals surface area contributed by atoms with Crippen molar-refractivity contribution in [1.82, 2.24) is 10.6 Å². The van der Waals surface area contributed by atoms with E-state index in [1.807, 2.05) is 12.1 Å². The Kier molecular flexibility index (Phi) is 9.17. The fraction of sp³-hybridized carbons (Fsp3) is 0.476. The molecule has 1 aromatic carbocycles. The van der Waals surface area contributed by atoms with E-state index >= 15 is 0 Å². The molecule has 2 aromatic rings. The van der Waals surface area contributed by atoms with Gasteiger partial charge in [-0.15, -0.1) is 35.3 Å². The van der Waals surface area contributed by atoms with Gasteiger partial charge in [0.05, 0.1) is 0 Å². The number of benzene rings is 1. The highest BCUT2D eigenvalue weighted by atomic mass is 127. The zero-order chi connectivity index (χ0) is 19.1. The predicted octanol–water partition coefficient (Wildman–Crippen LogP) is 4.52. The van der Waals surface area contributed by atoms with Crippen molar-refractivity contribution in [2.24, 2.45) is 4.99 Å². The maximum absolute atomic E-state index is 13.4. The summed E-state index contributed by atoms with van der Waals surface area (Å²) in [6.07, 6.45) is 1.82. The van der Waals surface area contributed by atoms with Crippen LogP contribution in [0.5, 0.6) is 0 Å². The minimum atomic E-state index is -0.200. The van der Waals surface area contributed by atoms with Gasteiger partial charge in [-0.3, -0.25) is 4.99 Å². The van der Waals surface area contributed by atoms with Crippen LogP contribution in [-0.2, 0) is 10.2 Å². The Morgan fingerprint density at radius 1 is 1.21 bits per heavy atom. The lowest BCUT2D eigenvalue weighted by Crippen LogP contribution is -2.48. The first-order valence-electron chi connectivity index (χ1n) is 9.45. The molecule has 0 amide bonds. The largest absolute Gasteiger partial charge is 0.381 e. The zero-order valence-corrected chi connectivity index (χ0v) is 19.6. The minimum absolute atomic E-state index is 0. The lowest BCUT2D eigenvalue weighted by molar-refractivity contribution is 0.0513. The molecular formula is C21H29FIN3OS. The molecule has 1 unspecified atom stereocenters. The number of rotatable bonds is 6. The van der Waals surface area contributed by atoms with Gasteiger partial charge in [0, 0.05) is 49.6 Å².